The van der Waals surface area contributed by atoms with Crippen molar-refractivity contribution < 1.29 is 9.53 Å². The fourth-order valence-electron chi connectivity index (χ4n) is 1.79. The van der Waals surface area contributed by atoms with Gasteiger partial charge in [-0.05, 0) is 6.07 Å². The zero-order valence-corrected chi connectivity index (χ0v) is 11.4. The van der Waals surface area contributed by atoms with E-state index in [1.807, 2.05) is 6.07 Å². The second-order valence-corrected chi connectivity index (χ2v) is 4.31. The largest absolute Gasteiger partial charge is 0.481 e. The molecule has 0 aromatic carbocycles. The van der Waals surface area contributed by atoms with Crippen LogP contribution in [0.2, 0.25) is 0 Å². The van der Waals surface area contributed by atoms with Crippen molar-refractivity contribution in [1.82, 2.24) is 20.1 Å². The van der Waals surface area contributed by atoms with Gasteiger partial charge in [-0.3, -0.25) is 9.48 Å². The molecule has 106 valence electrons. The normalized spacial score (nSPS) is 11.9. The van der Waals surface area contributed by atoms with Gasteiger partial charge in [0.25, 0.3) is 0 Å². The Morgan fingerprint density at radius 3 is 3.05 bits per heavy atom. The Morgan fingerprint density at radius 1 is 1.60 bits per heavy atom. The molecular weight excluding hydrogens is 258 g/mol. The van der Waals surface area contributed by atoms with Gasteiger partial charge in [0, 0.05) is 37.1 Å². The van der Waals surface area contributed by atoms with Crippen LogP contribution in [0.5, 0.6) is 5.88 Å². The van der Waals surface area contributed by atoms with Crippen molar-refractivity contribution in [3.63, 3.8) is 0 Å². The van der Waals surface area contributed by atoms with Gasteiger partial charge in [0.05, 0.1) is 13.3 Å². The molecule has 20 heavy (non-hydrogen) atoms. The summed E-state index contributed by atoms with van der Waals surface area (Å²) in [5.41, 5.74) is 7.34. The molecule has 2 aromatic rings. The minimum absolute atomic E-state index is 0.274. The SMILES string of the molecule is COc1ncccc1CNC(=O)C(N)c1cnn(C)c1. The topological polar surface area (TPSA) is 95.1 Å². The van der Waals surface area contributed by atoms with Gasteiger partial charge in [0.2, 0.25) is 11.8 Å². The Kier molecular flexibility index (Phi) is 4.31. The van der Waals surface area contributed by atoms with E-state index in [0.29, 0.717) is 18.0 Å². The lowest BCUT2D eigenvalue weighted by Gasteiger charge is -2.12. The first-order valence-corrected chi connectivity index (χ1v) is 6.11. The van der Waals surface area contributed by atoms with Crippen LogP contribution in [-0.2, 0) is 18.4 Å². The van der Waals surface area contributed by atoms with Crippen LogP contribution >= 0.6 is 0 Å². The van der Waals surface area contributed by atoms with E-state index in [0.717, 1.165) is 5.56 Å². The van der Waals surface area contributed by atoms with E-state index >= 15 is 0 Å². The highest BCUT2D eigenvalue weighted by Crippen LogP contribution is 2.14. The highest BCUT2D eigenvalue weighted by Gasteiger charge is 2.17. The molecule has 7 heteroatoms. The van der Waals surface area contributed by atoms with Gasteiger partial charge in [0.1, 0.15) is 6.04 Å². The Morgan fingerprint density at radius 2 is 2.40 bits per heavy atom. The summed E-state index contributed by atoms with van der Waals surface area (Å²) in [6, 6.07) is 2.87. The quantitative estimate of drug-likeness (QED) is 0.809. The van der Waals surface area contributed by atoms with Crippen LogP contribution in [0, 0.1) is 0 Å². The van der Waals surface area contributed by atoms with Crippen molar-refractivity contribution in [3.8, 4) is 5.88 Å². The molecular formula is C13H17N5O2. The number of hydrogen-bond acceptors (Lipinski definition) is 5. The van der Waals surface area contributed by atoms with Crippen LogP contribution in [0.15, 0.2) is 30.7 Å². The minimum Gasteiger partial charge on any atom is -0.481 e. The first kappa shape index (κ1) is 14.0. The maximum Gasteiger partial charge on any atom is 0.241 e. The molecule has 0 saturated carbocycles. The number of rotatable bonds is 5. The van der Waals surface area contributed by atoms with Gasteiger partial charge >= 0.3 is 0 Å². The molecule has 0 aliphatic carbocycles. The highest BCUT2D eigenvalue weighted by atomic mass is 16.5. The van der Waals surface area contributed by atoms with Gasteiger partial charge in [-0.15, -0.1) is 0 Å². The molecule has 0 spiro atoms. The Balaban J connectivity index is 1.98. The molecule has 1 atom stereocenters. The van der Waals surface area contributed by atoms with Crippen LogP contribution in [0.25, 0.3) is 0 Å². The summed E-state index contributed by atoms with van der Waals surface area (Å²) in [6.45, 7) is 0.309. The van der Waals surface area contributed by atoms with Crippen molar-refractivity contribution in [2.75, 3.05) is 7.11 Å². The van der Waals surface area contributed by atoms with E-state index < -0.39 is 6.04 Å². The summed E-state index contributed by atoms with van der Waals surface area (Å²) in [5.74, 6) is 0.214. The number of carbonyl (C=O) groups is 1. The average Bonchev–Trinajstić information content (AvgIpc) is 2.90. The van der Waals surface area contributed by atoms with E-state index in [1.165, 1.54) is 7.11 Å². The number of nitrogens with two attached hydrogens (primary N) is 1. The Hall–Kier alpha value is -2.41. The van der Waals surface area contributed by atoms with Crippen molar-refractivity contribution in [2.24, 2.45) is 12.8 Å². The predicted molar refractivity (Wildman–Crippen MR) is 72.8 cm³/mol. The van der Waals surface area contributed by atoms with Gasteiger partial charge in [-0.25, -0.2) is 4.98 Å². The molecule has 7 nitrogen and oxygen atoms in total. The fourth-order valence-corrected chi connectivity index (χ4v) is 1.79. The van der Waals surface area contributed by atoms with E-state index in [4.69, 9.17) is 10.5 Å². The molecule has 3 N–H and O–H groups in total. The third kappa shape index (κ3) is 3.12. The monoisotopic (exact) mass is 275 g/mol. The molecule has 2 rings (SSSR count). The van der Waals surface area contributed by atoms with E-state index in [1.54, 1.807) is 36.4 Å². The van der Waals surface area contributed by atoms with Gasteiger partial charge in [-0.2, -0.15) is 5.10 Å². The molecule has 0 aliphatic heterocycles. The lowest BCUT2D eigenvalue weighted by Crippen LogP contribution is -2.33. The standard InChI is InChI=1S/C13H17N5O2/c1-18-8-10(7-17-18)11(14)12(19)16-6-9-4-3-5-15-13(9)20-2/h3-5,7-8,11H,6,14H2,1-2H3,(H,16,19). The molecule has 1 amide bonds. The van der Waals surface area contributed by atoms with Crippen LogP contribution in [0.4, 0.5) is 0 Å². The van der Waals surface area contributed by atoms with Crippen LogP contribution in [0.1, 0.15) is 17.2 Å². The summed E-state index contributed by atoms with van der Waals surface area (Å²) in [5, 5.41) is 6.75. The Labute approximate surface area is 116 Å². The van der Waals surface area contributed by atoms with Crippen LogP contribution in [-0.4, -0.2) is 27.8 Å². The van der Waals surface area contributed by atoms with E-state index in [2.05, 4.69) is 15.4 Å². The van der Waals surface area contributed by atoms with Crippen molar-refractivity contribution >= 4 is 5.91 Å². The fraction of sp³-hybridized carbons (Fsp3) is 0.308. The van der Waals surface area contributed by atoms with Crippen molar-refractivity contribution in [2.45, 2.75) is 12.6 Å². The molecule has 0 bridgehead atoms. The highest BCUT2D eigenvalue weighted by molar-refractivity contribution is 5.82. The zero-order valence-electron chi connectivity index (χ0n) is 11.4. The minimum atomic E-state index is -0.744. The first-order chi connectivity index (χ1) is 9.61. The lowest BCUT2D eigenvalue weighted by atomic mass is 10.1. The third-order valence-electron chi connectivity index (χ3n) is 2.86. The summed E-state index contributed by atoms with van der Waals surface area (Å²) in [7, 11) is 3.31. The number of aromatic nitrogens is 3. The maximum absolute atomic E-state index is 12.0. The number of pyridine rings is 1. The molecule has 0 saturated heterocycles. The van der Waals surface area contributed by atoms with Crippen molar-refractivity contribution in [3.05, 3.63) is 41.9 Å². The second-order valence-electron chi connectivity index (χ2n) is 4.31. The summed E-state index contributed by atoms with van der Waals surface area (Å²) >= 11 is 0. The van der Waals surface area contributed by atoms with Crippen LogP contribution < -0.4 is 15.8 Å². The molecule has 2 aromatic heterocycles. The molecule has 0 aliphatic rings. The van der Waals surface area contributed by atoms with Gasteiger partial charge in [0.15, 0.2) is 0 Å². The first-order valence-electron chi connectivity index (χ1n) is 6.11. The third-order valence-corrected chi connectivity index (χ3v) is 2.86. The number of carbonyl (C=O) groups excluding carboxylic acids is 1. The number of hydrogen-bond donors (Lipinski definition) is 2. The predicted octanol–water partition coefficient (Wildman–Crippen LogP) is 0.140. The lowest BCUT2D eigenvalue weighted by molar-refractivity contribution is -0.122. The number of aryl methyl sites for hydroxylation is 1. The molecule has 2 heterocycles. The zero-order chi connectivity index (χ0) is 14.5. The number of amides is 1. The number of ether oxygens (including phenoxy) is 1. The van der Waals surface area contributed by atoms with Gasteiger partial charge in [-0.1, -0.05) is 6.07 Å². The summed E-state index contributed by atoms with van der Waals surface area (Å²) < 4.78 is 6.72. The average molecular weight is 275 g/mol. The number of methoxy groups -OCH3 is 1. The van der Waals surface area contributed by atoms with Crippen molar-refractivity contribution in [1.29, 1.82) is 0 Å². The second kappa shape index (κ2) is 6.16. The molecule has 1 unspecified atom stereocenters. The maximum atomic E-state index is 12.0. The number of nitrogens with zero attached hydrogens (tertiary/aromatic N) is 3. The van der Waals surface area contributed by atoms with Crippen LogP contribution in [0.3, 0.4) is 0 Å². The smallest absolute Gasteiger partial charge is 0.241 e. The summed E-state index contributed by atoms with van der Waals surface area (Å²) in [6.07, 6.45) is 4.93. The van der Waals surface area contributed by atoms with E-state index in [-0.39, 0.29) is 5.91 Å². The molecule has 0 radical (unpaired) electrons. The van der Waals surface area contributed by atoms with E-state index in [9.17, 15) is 4.79 Å². The Bertz CT molecular complexity index is 596. The van der Waals surface area contributed by atoms with Gasteiger partial charge < -0.3 is 15.8 Å². The number of nitrogens with one attached hydrogen (secondary N) is 1. The molecule has 0 fully saturated rings. The summed E-state index contributed by atoms with van der Waals surface area (Å²) in [4.78, 5) is 16.1.